The Labute approximate surface area is 224 Å². The van der Waals surface area contributed by atoms with Gasteiger partial charge in [-0.2, -0.15) is 0 Å². The fourth-order valence-electron chi connectivity index (χ4n) is 4.85. The highest BCUT2D eigenvalue weighted by Gasteiger charge is 2.35. The third-order valence-corrected chi connectivity index (χ3v) is 6.95. The quantitative estimate of drug-likeness (QED) is 0.118. The average molecular weight is 507 g/mol. The Kier molecular flexibility index (Phi) is 10.9. The van der Waals surface area contributed by atoms with Gasteiger partial charge in [0.1, 0.15) is 11.4 Å². The second-order valence-corrected chi connectivity index (χ2v) is 10.4. The van der Waals surface area contributed by atoms with Crippen LogP contribution in [0.2, 0.25) is 0 Å². The lowest BCUT2D eigenvalue weighted by atomic mass is 9.83. The minimum absolute atomic E-state index is 0.0986. The van der Waals surface area contributed by atoms with Crippen LogP contribution in [0, 0.1) is 6.92 Å². The molecule has 0 aliphatic heterocycles. The van der Waals surface area contributed by atoms with E-state index in [4.69, 9.17) is 4.74 Å². The maximum atomic E-state index is 11.3. The van der Waals surface area contributed by atoms with Crippen LogP contribution in [0.25, 0.3) is 5.57 Å². The number of ether oxygens (including phenoxy) is 1. The van der Waals surface area contributed by atoms with Crippen LogP contribution in [0.1, 0.15) is 88.1 Å². The van der Waals surface area contributed by atoms with Crippen LogP contribution >= 0.6 is 0 Å². The predicted molar refractivity (Wildman–Crippen MR) is 155 cm³/mol. The first-order valence-corrected chi connectivity index (χ1v) is 13.4. The molecule has 0 aliphatic carbocycles. The topological polar surface area (TPSA) is 69.9 Å². The number of unbranched alkanes of at least 4 members (excludes halogenated alkanes) is 1. The molecule has 2 atom stereocenters. The molecule has 0 saturated carbocycles. The molecule has 2 unspecified atom stereocenters. The van der Waals surface area contributed by atoms with Crippen LogP contribution in [-0.4, -0.2) is 33.3 Å². The van der Waals surface area contributed by atoms with Crippen molar-refractivity contribution in [2.75, 3.05) is 6.61 Å². The van der Waals surface area contributed by atoms with Crippen molar-refractivity contribution in [1.29, 1.82) is 0 Å². The fourth-order valence-corrected chi connectivity index (χ4v) is 4.85. The van der Waals surface area contributed by atoms with Gasteiger partial charge in [-0.3, -0.25) is 0 Å². The second kappa shape index (κ2) is 13.2. The molecule has 0 aliphatic rings. The summed E-state index contributed by atoms with van der Waals surface area (Å²) in [4.78, 5) is 0. The van der Waals surface area contributed by atoms with Crippen molar-refractivity contribution < 1.29 is 20.1 Å². The highest BCUT2D eigenvalue weighted by Crippen LogP contribution is 2.36. The third kappa shape index (κ3) is 8.16. The van der Waals surface area contributed by atoms with Crippen molar-refractivity contribution in [3.8, 4) is 5.75 Å². The molecule has 2 rings (SSSR count). The van der Waals surface area contributed by atoms with Crippen molar-refractivity contribution in [3.05, 3.63) is 94.6 Å². The molecule has 0 bridgehead atoms. The summed E-state index contributed by atoms with van der Waals surface area (Å²) in [7, 11) is 0. The van der Waals surface area contributed by atoms with Gasteiger partial charge in [-0.15, -0.1) is 0 Å². The van der Waals surface area contributed by atoms with Crippen molar-refractivity contribution in [2.24, 2.45) is 0 Å². The number of hydrogen-bond acceptors (Lipinski definition) is 4. The van der Waals surface area contributed by atoms with E-state index in [0.29, 0.717) is 6.61 Å². The normalized spacial score (nSPS) is 15.3. The maximum Gasteiger partial charge on any atom is 0.185 e. The summed E-state index contributed by atoms with van der Waals surface area (Å²) in [6.45, 7) is 17.7. The summed E-state index contributed by atoms with van der Waals surface area (Å²) in [6.07, 6.45) is 8.74. The monoisotopic (exact) mass is 506 g/mol. The lowest BCUT2D eigenvalue weighted by molar-refractivity contribution is -0.128. The highest BCUT2D eigenvalue weighted by molar-refractivity contribution is 5.78. The summed E-state index contributed by atoms with van der Waals surface area (Å²) >= 11 is 0. The first-order chi connectivity index (χ1) is 17.4. The Morgan fingerprint density at radius 3 is 2.24 bits per heavy atom. The highest BCUT2D eigenvalue weighted by atomic mass is 16.5. The van der Waals surface area contributed by atoms with Gasteiger partial charge in [-0.1, -0.05) is 70.2 Å². The number of rotatable bonds is 13. The molecular formula is C33H46O4. The van der Waals surface area contributed by atoms with E-state index in [0.717, 1.165) is 53.7 Å². The number of benzene rings is 2. The van der Waals surface area contributed by atoms with Gasteiger partial charge in [0.15, 0.2) is 5.79 Å². The van der Waals surface area contributed by atoms with Crippen LogP contribution in [-0.2, 0) is 12.8 Å². The van der Waals surface area contributed by atoms with E-state index in [2.05, 4.69) is 63.7 Å². The van der Waals surface area contributed by atoms with Crippen LogP contribution in [0.4, 0.5) is 0 Å². The van der Waals surface area contributed by atoms with Gasteiger partial charge in [-0.25, -0.2) is 0 Å². The van der Waals surface area contributed by atoms with Gasteiger partial charge in [0.2, 0.25) is 0 Å². The summed E-state index contributed by atoms with van der Waals surface area (Å²) in [5.74, 6) is -1.04. The Morgan fingerprint density at radius 2 is 1.73 bits per heavy atom. The molecule has 4 nitrogen and oxygen atoms in total. The molecule has 2 aromatic rings. The van der Waals surface area contributed by atoms with Gasteiger partial charge in [-0.05, 0) is 104 Å². The Bertz CT molecular complexity index is 1100. The Balaban J connectivity index is 2.60. The SMILES string of the molecule is C=C/C(=C\C(C)(O)/C(=C\C)C(C)(O)O)c1cc(C)c(OCCCC)cc1CC(C)c1ccc(CC)cc1. The van der Waals surface area contributed by atoms with Gasteiger partial charge in [0.25, 0.3) is 0 Å². The molecule has 202 valence electrons. The first-order valence-electron chi connectivity index (χ1n) is 13.4. The summed E-state index contributed by atoms with van der Waals surface area (Å²) in [5.41, 5.74) is 4.84. The fraction of sp³-hybridized carbons (Fsp3) is 0.455. The number of aliphatic hydroxyl groups is 3. The maximum absolute atomic E-state index is 11.3. The molecule has 3 N–H and O–H groups in total. The molecule has 0 amide bonds. The molecule has 0 saturated heterocycles. The molecule has 0 fully saturated rings. The van der Waals surface area contributed by atoms with Crippen molar-refractivity contribution in [3.63, 3.8) is 0 Å². The number of hydrogen-bond donors (Lipinski definition) is 3. The number of aryl methyl sites for hydroxylation is 2. The molecule has 0 aromatic heterocycles. The second-order valence-electron chi connectivity index (χ2n) is 10.4. The molecule has 0 radical (unpaired) electrons. The average Bonchev–Trinajstić information content (AvgIpc) is 2.83. The van der Waals surface area contributed by atoms with E-state index in [9.17, 15) is 15.3 Å². The van der Waals surface area contributed by atoms with Crippen LogP contribution < -0.4 is 4.74 Å². The van der Waals surface area contributed by atoms with Crippen LogP contribution in [0.15, 0.2) is 66.8 Å². The van der Waals surface area contributed by atoms with E-state index in [-0.39, 0.29) is 11.5 Å². The Hall–Kier alpha value is -2.66. The smallest absolute Gasteiger partial charge is 0.185 e. The molecule has 4 heteroatoms. The Morgan fingerprint density at radius 1 is 1.08 bits per heavy atom. The minimum atomic E-state index is -2.16. The van der Waals surface area contributed by atoms with E-state index in [1.165, 1.54) is 24.1 Å². The summed E-state index contributed by atoms with van der Waals surface area (Å²) in [5, 5.41) is 31.8. The van der Waals surface area contributed by atoms with Crippen molar-refractivity contribution >= 4 is 5.57 Å². The van der Waals surface area contributed by atoms with Gasteiger partial charge < -0.3 is 20.1 Å². The largest absolute Gasteiger partial charge is 0.493 e. The number of allylic oxidation sites excluding steroid dienone is 3. The molecular weight excluding hydrogens is 460 g/mol. The summed E-state index contributed by atoms with van der Waals surface area (Å²) < 4.78 is 6.14. The minimum Gasteiger partial charge on any atom is -0.493 e. The molecule has 37 heavy (non-hydrogen) atoms. The zero-order valence-corrected chi connectivity index (χ0v) is 23.8. The first kappa shape index (κ1) is 30.6. The molecule has 2 aromatic carbocycles. The van der Waals surface area contributed by atoms with Crippen LogP contribution in [0.3, 0.4) is 0 Å². The zero-order valence-electron chi connectivity index (χ0n) is 23.8. The van der Waals surface area contributed by atoms with E-state index >= 15 is 0 Å². The zero-order chi connectivity index (χ0) is 27.8. The van der Waals surface area contributed by atoms with Gasteiger partial charge >= 0.3 is 0 Å². The van der Waals surface area contributed by atoms with Crippen molar-refractivity contribution in [2.45, 2.75) is 91.5 Å². The van der Waals surface area contributed by atoms with Crippen molar-refractivity contribution in [1.82, 2.24) is 0 Å². The lowest BCUT2D eigenvalue weighted by Gasteiger charge is -2.31. The molecule has 0 heterocycles. The van der Waals surface area contributed by atoms with E-state index in [1.54, 1.807) is 26.0 Å². The van der Waals surface area contributed by atoms with Gasteiger partial charge in [0.05, 0.1) is 6.61 Å². The standard InChI is InChI=1S/C33H46O4/c1-9-13-18-37-30-21-28(19-23(5)27-16-14-25(10-2)15-17-27)29(20-24(30)6)26(11-3)22-32(7,34)31(12-4)33(8,35)36/h11-12,14-17,20-23,34-36H,3,9-10,13,18-19H2,1-2,4-8H3/b26-22+,31-12+. The van der Waals surface area contributed by atoms with E-state index in [1.807, 2.05) is 6.92 Å². The predicted octanol–water partition coefficient (Wildman–Crippen LogP) is 7.05. The van der Waals surface area contributed by atoms with Crippen LogP contribution in [0.5, 0.6) is 5.75 Å². The van der Waals surface area contributed by atoms with Gasteiger partial charge in [0, 0.05) is 5.57 Å². The van der Waals surface area contributed by atoms with E-state index < -0.39 is 11.4 Å². The summed E-state index contributed by atoms with van der Waals surface area (Å²) in [6, 6.07) is 13.0. The third-order valence-electron chi connectivity index (χ3n) is 6.95. The lowest BCUT2D eigenvalue weighted by Crippen LogP contribution is -2.39. The molecule has 0 spiro atoms.